The third-order valence-electron chi connectivity index (χ3n) is 10.8. The van der Waals surface area contributed by atoms with E-state index in [1.807, 2.05) is 29.2 Å². The first kappa shape index (κ1) is 42.8. The van der Waals surface area contributed by atoms with E-state index in [9.17, 15) is 9.90 Å². The van der Waals surface area contributed by atoms with Gasteiger partial charge in [0, 0.05) is 37.9 Å². The number of amides is 2. The lowest BCUT2D eigenvalue weighted by Gasteiger charge is -2.43. The number of aliphatic hydroxyl groups excluding tert-OH is 1. The quantitative estimate of drug-likeness (QED) is 0.0504. The van der Waals surface area contributed by atoms with E-state index >= 15 is 0 Å². The molecule has 1 saturated heterocycles. The molecular formula is C47H66N4O4Si. The van der Waals surface area contributed by atoms with Crippen LogP contribution in [0.5, 0.6) is 11.5 Å². The number of carbonyl (C=O) groups excluding carboxylic acids is 1. The Bertz CT molecular complexity index is 1650. The maximum Gasteiger partial charge on any atom is 0.319 e. The van der Waals surface area contributed by atoms with Crippen LogP contribution < -0.4 is 35.5 Å². The molecule has 0 spiro atoms. The number of ether oxygens (including phenoxy) is 1. The number of rotatable bonds is 21. The van der Waals surface area contributed by atoms with Gasteiger partial charge in [-0.3, -0.25) is 0 Å². The van der Waals surface area contributed by atoms with E-state index in [2.05, 4.69) is 129 Å². The first-order chi connectivity index (χ1) is 27.2. The summed E-state index contributed by atoms with van der Waals surface area (Å²) in [6.45, 7) is 12.8. The van der Waals surface area contributed by atoms with Crippen molar-refractivity contribution in [2.45, 2.75) is 103 Å². The summed E-state index contributed by atoms with van der Waals surface area (Å²) >= 11 is 0. The van der Waals surface area contributed by atoms with Crippen LogP contribution in [0.2, 0.25) is 5.04 Å². The van der Waals surface area contributed by atoms with Crippen LogP contribution in [0.25, 0.3) is 0 Å². The van der Waals surface area contributed by atoms with Gasteiger partial charge in [-0.25, -0.2) is 4.79 Å². The number of unbranched alkanes of at least 4 members (excludes halogenated alkanes) is 5. The van der Waals surface area contributed by atoms with Gasteiger partial charge in [0.15, 0.2) is 0 Å². The highest BCUT2D eigenvalue weighted by Gasteiger charge is 2.52. The van der Waals surface area contributed by atoms with Crippen LogP contribution >= 0.6 is 0 Å². The lowest BCUT2D eigenvalue weighted by molar-refractivity contribution is 0.106. The summed E-state index contributed by atoms with van der Waals surface area (Å²) in [6, 6.07) is 38.1. The molecule has 0 saturated carbocycles. The molecule has 2 amide bonds. The zero-order valence-electron chi connectivity index (χ0n) is 34.3. The number of nitrogens with one attached hydrogen (secondary N) is 3. The van der Waals surface area contributed by atoms with Crippen molar-refractivity contribution in [3.8, 4) is 11.5 Å². The SMILES string of the molecule is CCCCCCCCNC(=O)N1CCC(Nc2ccc(CCNC[C@H](O)COc3ccc(O[Si](c4ccccc4)(c4ccccc4)C(C)(C)C)cc3)cc2)CC1. The lowest BCUT2D eigenvalue weighted by Crippen LogP contribution is -2.68. The fourth-order valence-electron chi connectivity index (χ4n) is 7.63. The van der Waals surface area contributed by atoms with Gasteiger partial charge < -0.3 is 35.1 Å². The van der Waals surface area contributed by atoms with Crippen molar-refractivity contribution in [1.82, 2.24) is 15.5 Å². The minimum atomic E-state index is -2.72. The standard InChI is InChI=1S/C47H66N4O4Si/c1-5-6-7-8-9-16-32-49-46(53)51-34-30-40(31-35-51)50-39-23-21-38(22-24-39)29-33-48-36-41(52)37-54-42-25-27-43(28-26-42)55-56(47(2,3)4,44-17-12-10-13-18-44)45-19-14-11-15-20-45/h10-15,17-28,40-41,48,50,52H,5-9,16,29-37H2,1-4H3,(H,49,53)/t41-/m0/s1. The van der Waals surface area contributed by atoms with Gasteiger partial charge in [0.05, 0.1) is 0 Å². The van der Waals surface area contributed by atoms with Crippen LogP contribution in [0.4, 0.5) is 10.5 Å². The number of likely N-dealkylation sites (tertiary alicyclic amines) is 1. The van der Waals surface area contributed by atoms with Crippen molar-refractivity contribution >= 4 is 30.4 Å². The van der Waals surface area contributed by atoms with Crippen LogP contribution in [0, 0.1) is 0 Å². The first-order valence-corrected chi connectivity index (χ1v) is 22.9. The Morgan fingerprint density at radius 1 is 0.786 bits per heavy atom. The summed E-state index contributed by atoms with van der Waals surface area (Å²) < 4.78 is 13.1. The number of benzene rings is 4. The molecule has 5 rings (SSSR count). The van der Waals surface area contributed by atoms with Gasteiger partial charge in [0.1, 0.15) is 24.2 Å². The van der Waals surface area contributed by atoms with E-state index < -0.39 is 14.4 Å². The summed E-state index contributed by atoms with van der Waals surface area (Å²) in [5.41, 5.74) is 2.36. The molecule has 1 heterocycles. The van der Waals surface area contributed by atoms with Crippen molar-refractivity contribution in [1.29, 1.82) is 0 Å². The molecule has 0 radical (unpaired) electrons. The smallest absolute Gasteiger partial charge is 0.319 e. The topological polar surface area (TPSA) is 95.1 Å². The fraction of sp³-hybridized carbons (Fsp3) is 0.468. The number of urea groups is 1. The summed E-state index contributed by atoms with van der Waals surface area (Å²) in [6.07, 6.45) is 9.53. The molecule has 4 aromatic carbocycles. The van der Waals surface area contributed by atoms with E-state index in [-0.39, 0.29) is 17.7 Å². The van der Waals surface area contributed by atoms with Gasteiger partial charge in [-0.15, -0.1) is 0 Å². The van der Waals surface area contributed by atoms with Gasteiger partial charge in [0.25, 0.3) is 0 Å². The molecule has 4 aromatic rings. The largest absolute Gasteiger partial charge is 0.534 e. The van der Waals surface area contributed by atoms with Crippen LogP contribution in [0.1, 0.15) is 84.6 Å². The third-order valence-corrected chi connectivity index (χ3v) is 15.8. The Balaban J connectivity index is 0.986. The minimum Gasteiger partial charge on any atom is -0.534 e. The number of nitrogens with zero attached hydrogens (tertiary/aromatic N) is 1. The van der Waals surface area contributed by atoms with Crippen molar-refractivity contribution in [2.24, 2.45) is 0 Å². The molecule has 1 fully saturated rings. The maximum absolute atomic E-state index is 12.6. The molecule has 9 heteroatoms. The number of carbonyl (C=O) groups is 1. The number of hydrogen-bond donors (Lipinski definition) is 4. The zero-order chi connectivity index (χ0) is 39.6. The van der Waals surface area contributed by atoms with E-state index in [1.165, 1.54) is 48.0 Å². The Morgan fingerprint density at radius 2 is 1.38 bits per heavy atom. The molecule has 302 valence electrons. The predicted octanol–water partition coefficient (Wildman–Crippen LogP) is 8.14. The summed E-state index contributed by atoms with van der Waals surface area (Å²) in [5, 5.41) is 23.1. The third kappa shape index (κ3) is 12.6. The molecule has 0 bridgehead atoms. The monoisotopic (exact) mass is 778 g/mol. The number of hydrogen-bond acceptors (Lipinski definition) is 6. The highest BCUT2D eigenvalue weighted by Crippen LogP contribution is 2.38. The summed E-state index contributed by atoms with van der Waals surface area (Å²) in [7, 11) is -2.72. The van der Waals surface area contributed by atoms with Crippen LogP contribution in [-0.2, 0) is 6.42 Å². The van der Waals surface area contributed by atoms with Gasteiger partial charge in [-0.05, 0) is 89.6 Å². The molecule has 0 aromatic heterocycles. The second kappa shape index (κ2) is 21.8. The molecule has 1 atom stereocenters. The second-order valence-electron chi connectivity index (χ2n) is 16.3. The van der Waals surface area contributed by atoms with E-state index in [4.69, 9.17) is 9.16 Å². The van der Waals surface area contributed by atoms with Gasteiger partial charge in [-0.2, -0.15) is 0 Å². The van der Waals surface area contributed by atoms with Crippen LogP contribution in [0.3, 0.4) is 0 Å². The molecule has 8 nitrogen and oxygen atoms in total. The fourth-order valence-corrected chi connectivity index (χ4v) is 12.0. The van der Waals surface area contributed by atoms with E-state index in [1.54, 1.807) is 0 Å². The summed E-state index contributed by atoms with van der Waals surface area (Å²) in [5.74, 6) is 1.50. The van der Waals surface area contributed by atoms with Crippen molar-refractivity contribution < 1.29 is 19.1 Å². The Hall–Kier alpha value is -4.31. The normalized spacial score (nSPS) is 14.3. The van der Waals surface area contributed by atoms with E-state index in [0.717, 1.165) is 63.3 Å². The van der Waals surface area contributed by atoms with Gasteiger partial charge in [0.2, 0.25) is 0 Å². The Labute approximate surface area is 337 Å². The van der Waals surface area contributed by atoms with E-state index in [0.29, 0.717) is 18.3 Å². The number of piperidine rings is 1. The Kier molecular flexibility index (Phi) is 16.7. The summed E-state index contributed by atoms with van der Waals surface area (Å²) in [4.78, 5) is 14.5. The molecule has 4 N–H and O–H groups in total. The minimum absolute atomic E-state index is 0.0820. The average Bonchev–Trinajstić information content (AvgIpc) is 3.22. The van der Waals surface area contributed by atoms with Crippen molar-refractivity contribution in [2.75, 3.05) is 44.6 Å². The second-order valence-corrected chi connectivity index (χ2v) is 20.5. The zero-order valence-corrected chi connectivity index (χ0v) is 35.3. The van der Waals surface area contributed by atoms with Crippen molar-refractivity contribution in [3.63, 3.8) is 0 Å². The molecular weight excluding hydrogens is 713 g/mol. The number of aliphatic hydroxyl groups is 1. The van der Waals surface area contributed by atoms with Crippen molar-refractivity contribution in [3.05, 3.63) is 115 Å². The Morgan fingerprint density at radius 3 is 1.98 bits per heavy atom. The maximum atomic E-state index is 12.6. The molecule has 0 aliphatic carbocycles. The lowest BCUT2D eigenvalue weighted by atomic mass is 10.0. The molecule has 56 heavy (non-hydrogen) atoms. The van der Waals surface area contributed by atoms with Crippen LogP contribution in [-0.4, -0.2) is 75.8 Å². The molecule has 1 aliphatic heterocycles. The highest BCUT2D eigenvalue weighted by molar-refractivity contribution is 7.00. The van der Waals surface area contributed by atoms with Gasteiger partial charge in [-0.1, -0.05) is 133 Å². The highest BCUT2D eigenvalue weighted by atomic mass is 28.4. The predicted molar refractivity (Wildman–Crippen MR) is 234 cm³/mol. The first-order valence-electron chi connectivity index (χ1n) is 21.0. The van der Waals surface area contributed by atoms with Gasteiger partial charge >= 0.3 is 14.3 Å². The average molecular weight is 779 g/mol. The van der Waals surface area contributed by atoms with Crippen LogP contribution in [0.15, 0.2) is 109 Å². The number of anilines is 1. The molecule has 0 unspecified atom stereocenters. The molecule has 1 aliphatic rings.